The normalized spacial score (nSPS) is 11.5. The first-order valence-electron chi connectivity index (χ1n) is 5.86. The Bertz CT molecular complexity index is 636. The van der Waals surface area contributed by atoms with E-state index < -0.39 is 37.1 Å². The van der Waals surface area contributed by atoms with E-state index in [4.69, 9.17) is 15.4 Å². The molecule has 0 saturated carbocycles. The molecule has 1 aromatic rings. The van der Waals surface area contributed by atoms with E-state index in [2.05, 4.69) is 0 Å². The maximum absolute atomic E-state index is 14.0. The Balaban J connectivity index is 3.13. The Labute approximate surface area is 125 Å². The second-order valence-corrected chi connectivity index (χ2v) is 6.81. The molecule has 21 heavy (non-hydrogen) atoms. The van der Waals surface area contributed by atoms with Gasteiger partial charge in [-0.25, -0.2) is 17.2 Å². The minimum Gasteiger partial charge on any atom is -0.385 e. The van der Waals surface area contributed by atoms with E-state index in [9.17, 15) is 22.0 Å². The Morgan fingerprint density at radius 1 is 1.38 bits per heavy atom. The van der Waals surface area contributed by atoms with E-state index >= 15 is 0 Å². The van der Waals surface area contributed by atoms with Gasteiger partial charge in [0.1, 0.15) is 10.7 Å². The van der Waals surface area contributed by atoms with Crippen LogP contribution in [0.5, 0.6) is 0 Å². The summed E-state index contributed by atoms with van der Waals surface area (Å²) in [6, 6.07) is 1.06. The van der Waals surface area contributed by atoms with Crippen molar-refractivity contribution >= 4 is 25.6 Å². The molecule has 0 fully saturated rings. The number of carbonyl (C=O) groups excluding carboxylic acids is 1. The van der Waals surface area contributed by atoms with Gasteiger partial charge in [-0.15, -0.1) is 0 Å². The number of hydrogen-bond acceptors (Lipinski definition) is 4. The minimum atomic E-state index is -4.49. The van der Waals surface area contributed by atoms with Crippen LogP contribution in [0.25, 0.3) is 0 Å². The second kappa shape index (κ2) is 7.15. The van der Waals surface area contributed by atoms with Crippen LogP contribution in [-0.2, 0) is 13.8 Å². The summed E-state index contributed by atoms with van der Waals surface area (Å²) in [7, 11) is 3.40. The van der Waals surface area contributed by atoms with Crippen LogP contribution in [0.15, 0.2) is 17.0 Å². The topological polar surface area (TPSA) is 63.7 Å². The second-order valence-electron chi connectivity index (χ2n) is 4.28. The molecule has 0 aliphatic carbocycles. The number of hydrogen-bond donors (Lipinski definition) is 0. The van der Waals surface area contributed by atoms with Gasteiger partial charge in [0, 0.05) is 38.0 Å². The lowest BCUT2D eigenvalue weighted by molar-refractivity contribution is 0.0773. The van der Waals surface area contributed by atoms with Crippen molar-refractivity contribution in [2.75, 3.05) is 27.3 Å². The fraction of sp³-hybridized carbons (Fsp3) is 0.417. The first-order valence-corrected chi connectivity index (χ1v) is 8.17. The molecule has 0 N–H and O–H groups in total. The SMILES string of the molecule is COCCCN(C)C(=O)c1cc(F)cc(S(=O)(=O)Cl)c1F. The number of nitrogens with zero attached hydrogens (tertiary/aromatic N) is 1. The molecule has 0 aromatic heterocycles. The molecule has 1 amide bonds. The predicted octanol–water partition coefficient (Wildman–Crippen LogP) is 2.00. The van der Waals surface area contributed by atoms with Crippen LogP contribution >= 0.6 is 10.7 Å². The molecule has 0 aliphatic heterocycles. The minimum absolute atomic E-state index is 0.242. The summed E-state index contributed by atoms with van der Waals surface area (Å²) in [5.74, 6) is -3.27. The van der Waals surface area contributed by atoms with Gasteiger partial charge in [-0.3, -0.25) is 4.79 Å². The van der Waals surface area contributed by atoms with Crippen LogP contribution in [0, 0.1) is 11.6 Å². The molecule has 118 valence electrons. The summed E-state index contributed by atoms with van der Waals surface area (Å²) in [6.07, 6.45) is 0.496. The Morgan fingerprint density at radius 3 is 2.52 bits per heavy atom. The summed E-state index contributed by atoms with van der Waals surface area (Å²) in [5, 5.41) is 0. The molecule has 0 aliphatic rings. The van der Waals surface area contributed by atoms with Gasteiger partial charge in [0.05, 0.1) is 5.56 Å². The third kappa shape index (κ3) is 4.62. The molecule has 9 heteroatoms. The average Bonchev–Trinajstić information content (AvgIpc) is 2.39. The van der Waals surface area contributed by atoms with Crippen LogP contribution in [0.2, 0.25) is 0 Å². The summed E-state index contributed by atoms with van der Waals surface area (Å²) in [4.78, 5) is 12.1. The van der Waals surface area contributed by atoms with Crippen molar-refractivity contribution in [3.05, 3.63) is 29.3 Å². The molecule has 0 spiro atoms. The number of benzene rings is 1. The highest BCUT2D eigenvalue weighted by atomic mass is 35.7. The van der Waals surface area contributed by atoms with E-state index in [1.807, 2.05) is 0 Å². The molecule has 0 atom stereocenters. The maximum Gasteiger partial charge on any atom is 0.264 e. The zero-order valence-corrected chi connectivity index (χ0v) is 13.0. The molecule has 0 saturated heterocycles. The lowest BCUT2D eigenvalue weighted by atomic mass is 10.1. The number of ether oxygens (including phenoxy) is 1. The molecule has 0 unspecified atom stereocenters. The molecule has 0 radical (unpaired) electrons. The van der Waals surface area contributed by atoms with Gasteiger partial charge >= 0.3 is 0 Å². The number of methoxy groups -OCH3 is 1. The molecule has 0 bridgehead atoms. The van der Waals surface area contributed by atoms with E-state index in [1.54, 1.807) is 0 Å². The summed E-state index contributed by atoms with van der Waals surface area (Å²) >= 11 is 0. The van der Waals surface area contributed by atoms with E-state index in [1.165, 1.54) is 14.2 Å². The summed E-state index contributed by atoms with van der Waals surface area (Å²) in [6.45, 7) is 0.635. The fourth-order valence-corrected chi connectivity index (χ4v) is 2.56. The first-order chi connectivity index (χ1) is 9.68. The number of carbonyl (C=O) groups is 1. The third-order valence-electron chi connectivity index (χ3n) is 2.69. The zero-order valence-electron chi connectivity index (χ0n) is 11.4. The van der Waals surface area contributed by atoms with Crippen LogP contribution < -0.4 is 0 Å². The van der Waals surface area contributed by atoms with Crippen LogP contribution in [0.1, 0.15) is 16.8 Å². The van der Waals surface area contributed by atoms with Gasteiger partial charge in [-0.05, 0) is 18.6 Å². The van der Waals surface area contributed by atoms with Gasteiger partial charge in [-0.1, -0.05) is 0 Å². The highest BCUT2D eigenvalue weighted by molar-refractivity contribution is 8.13. The lowest BCUT2D eigenvalue weighted by Gasteiger charge is -2.17. The van der Waals surface area contributed by atoms with Crippen LogP contribution in [0.3, 0.4) is 0 Å². The third-order valence-corrected chi connectivity index (χ3v) is 4.01. The highest BCUT2D eigenvalue weighted by Gasteiger charge is 2.25. The van der Waals surface area contributed by atoms with E-state index in [0.717, 1.165) is 4.90 Å². The van der Waals surface area contributed by atoms with Gasteiger partial charge in [-0.2, -0.15) is 0 Å². The van der Waals surface area contributed by atoms with Crippen molar-refractivity contribution in [1.29, 1.82) is 0 Å². The fourth-order valence-electron chi connectivity index (χ4n) is 1.65. The summed E-state index contributed by atoms with van der Waals surface area (Å²) < 4.78 is 54.6. The smallest absolute Gasteiger partial charge is 0.264 e. The Hall–Kier alpha value is -1.25. The van der Waals surface area contributed by atoms with E-state index in [0.29, 0.717) is 25.2 Å². The quantitative estimate of drug-likeness (QED) is 0.586. The van der Waals surface area contributed by atoms with Crippen molar-refractivity contribution in [2.24, 2.45) is 0 Å². The average molecular weight is 342 g/mol. The molecule has 0 heterocycles. The van der Waals surface area contributed by atoms with Crippen molar-refractivity contribution in [3.8, 4) is 0 Å². The molecular formula is C12H14ClF2NO4S. The lowest BCUT2D eigenvalue weighted by Crippen LogP contribution is -2.29. The van der Waals surface area contributed by atoms with Crippen LogP contribution in [-0.4, -0.2) is 46.5 Å². The monoisotopic (exact) mass is 341 g/mol. The standard InChI is InChI=1S/C12H14ClF2NO4S/c1-16(4-3-5-20-2)12(17)9-6-8(14)7-10(11(9)15)21(13,18)19/h6-7H,3-5H2,1-2H3. The van der Waals surface area contributed by atoms with Gasteiger partial charge in [0.15, 0.2) is 5.82 Å². The number of rotatable bonds is 6. The van der Waals surface area contributed by atoms with Crippen LogP contribution in [0.4, 0.5) is 8.78 Å². The molecule has 1 rings (SSSR count). The number of halogens is 3. The Morgan fingerprint density at radius 2 is 2.00 bits per heavy atom. The molecule has 5 nitrogen and oxygen atoms in total. The largest absolute Gasteiger partial charge is 0.385 e. The molecule has 1 aromatic carbocycles. The maximum atomic E-state index is 14.0. The predicted molar refractivity (Wildman–Crippen MR) is 72.9 cm³/mol. The van der Waals surface area contributed by atoms with Crippen molar-refractivity contribution in [2.45, 2.75) is 11.3 Å². The Kier molecular flexibility index (Phi) is 6.06. The van der Waals surface area contributed by atoms with Crippen molar-refractivity contribution in [1.82, 2.24) is 4.90 Å². The van der Waals surface area contributed by atoms with Gasteiger partial charge in [0.2, 0.25) is 0 Å². The molecular weight excluding hydrogens is 328 g/mol. The zero-order chi connectivity index (χ0) is 16.2. The highest BCUT2D eigenvalue weighted by Crippen LogP contribution is 2.24. The first kappa shape index (κ1) is 17.8. The summed E-state index contributed by atoms with van der Waals surface area (Å²) in [5.41, 5.74) is -0.686. The van der Waals surface area contributed by atoms with Crippen molar-refractivity contribution in [3.63, 3.8) is 0 Å². The van der Waals surface area contributed by atoms with Gasteiger partial charge in [0.25, 0.3) is 15.0 Å². The van der Waals surface area contributed by atoms with Gasteiger partial charge < -0.3 is 9.64 Å². The van der Waals surface area contributed by atoms with E-state index in [-0.39, 0.29) is 6.54 Å². The number of amides is 1. The van der Waals surface area contributed by atoms with Crippen molar-refractivity contribution < 1.29 is 26.7 Å².